The lowest BCUT2D eigenvalue weighted by Crippen LogP contribution is -1.88. The fraction of sp³-hybridized carbons (Fsp3) is 0. The molecule has 0 saturated carbocycles. The average molecular weight is 88.1 g/mol. The van der Waals surface area contributed by atoms with Crippen LogP contribution in [0.1, 0.15) is 0 Å². The lowest BCUT2D eigenvalue weighted by molar-refractivity contribution is 1.91. The molecule has 2 nitrogen and oxygen atoms in total. The van der Waals surface area contributed by atoms with Crippen molar-refractivity contribution < 1.29 is 0 Å². The van der Waals surface area contributed by atoms with Gasteiger partial charge in [-0.3, -0.25) is 9.59 Å². The second-order valence-corrected chi connectivity index (χ2v) is 1.62. The van der Waals surface area contributed by atoms with Gasteiger partial charge in [-0.2, -0.15) is 0 Å². The topological polar surface area (TPSA) is 34.1 Å². The maximum absolute atomic E-state index is 9.50. The summed E-state index contributed by atoms with van der Waals surface area (Å²) < 4.78 is -0.602. The van der Waals surface area contributed by atoms with Crippen LogP contribution in [0.25, 0.3) is 0 Å². The van der Waals surface area contributed by atoms with Crippen molar-refractivity contribution in [2.45, 2.75) is 0 Å². The number of hydrogen-bond acceptors (Lipinski definition) is 3. The molecule has 0 aliphatic carbocycles. The van der Waals surface area contributed by atoms with E-state index in [4.69, 9.17) is 0 Å². The molecule has 1 heterocycles. The van der Waals surface area contributed by atoms with Gasteiger partial charge in [-0.05, 0) is 11.3 Å². The van der Waals surface area contributed by atoms with E-state index in [9.17, 15) is 9.59 Å². The van der Waals surface area contributed by atoms with Crippen LogP contribution in [0.3, 0.4) is 0 Å². The van der Waals surface area contributed by atoms with Gasteiger partial charge in [0, 0.05) is 0 Å². The van der Waals surface area contributed by atoms with Gasteiger partial charge in [-0.1, -0.05) is 0 Å². The maximum atomic E-state index is 9.50. The highest BCUT2D eigenvalue weighted by atomic mass is 32.1. The third-order valence-corrected chi connectivity index (χ3v) is 0.848. The third-order valence-electron chi connectivity index (χ3n) is 0.310. The molecule has 0 radical (unpaired) electrons. The summed E-state index contributed by atoms with van der Waals surface area (Å²) in [5.74, 6) is 0. The Morgan fingerprint density at radius 2 is 1.40 bits per heavy atom. The summed E-state index contributed by atoms with van der Waals surface area (Å²) in [6.45, 7) is 0. The van der Waals surface area contributed by atoms with Gasteiger partial charge < -0.3 is 0 Å². The summed E-state index contributed by atoms with van der Waals surface area (Å²) in [5.41, 5.74) is 0. The van der Waals surface area contributed by atoms with Crippen molar-refractivity contribution >= 4 is 11.3 Å². The summed E-state index contributed by atoms with van der Waals surface area (Å²) in [6.07, 6.45) is 0. The van der Waals surface area contributed by atoms with Crippen molar-refractivity contribution in [3.8, 4) is 0 Å². The largest absolute Gasteiger partial charge is 0.294 e. The Labute approximate surface area is 31.4 Å². The van der Waals surface area contributed by atoms with Crippen LogP contribution in [0, 0.1) is 0 Å². The molecule has 0 aliphatic rings. The predicted molar refractivity (Wildman–Crippen MR) is 19.2 cm³/mol. The van der Waals surface area contributed by atoms with Gasteiger partial charge in [0.2, 0.25) is 0 Å². The van der Waals surface area contributed by atoms with Crippen molar-refractivity contribution in [1.29, 1.82) is 0 Å². The van der Waals surface area contributed by atoms with Crippen LogP contribution in [0.2, 0.25) is 0 Å². The van der Waals surface area contributed by atoms with E-state index in [-0.39, 0.29) is 9.48 Å². The van der Waals surface area contributed by atoms with Crippen molar-refractivity contribution in [3.05, 3.63) is 19.1 Å². The number of hydrogen-bond donors (Lipinski definition) is 0. The van der Waals surface area contributed by atoms with E-state index < -0.39 is 0 Å². The van der Waals surface area contributed by atoms with Gasteiger partial charge in [0.15, 0.2) is 0 Å². The first-order chi connectivity index (χ1) is 2.30. The van der Waals surface area contributed by atoms with Crippen LogP contribution in [0.4, 0.5) is 0 Å². The quantitative estimate of drug-likeness (QED) is 0.395. The molecule has 0 aliphatic heterocycles. The zero-order valence-corrected chi connectivity index (χ0v) is 3.04. The summed E-state index contributed by atoms with van der Waals surface area (Å²) in [5, 5.41) is 0. The summed E-state index contributed by atoms with van der Waals surface area (Å²) in [6, 6.07) is 0. The zero-order chi connectivity index (χ0) is 3.86. The molecule has 0 aromatic carbocycles. The Morgan fingerprint density at radius 3 is 1.40 bits per heavy atom. The van der Waals surface area contributed by atoms with E-state index in [1.807, 2.05) is 0 Å². The number of rotatable bonds is 0. The Morgan fingerprint density at radius 1 is 1.20 bits per heavy atom. The van der Waals surface area contributed by atoms with Crippen LogP contribution in [0.5, 0.6) is 0 Å². The molecule has 0 bridgehead atoms. The highest BCUT2D eigenvalue weighted by Crippen LogP contribution is 1.65. The fourth-order valence-corrected chi connectivity index (χ4v) is 0.176. The van der Waals surface area contributed by atoms with Crippen LogP contribution in [-0.2, 0) is 0 Å². The molecule has 0 saturated heterocycles. The molecule has 0 N–H and O–H groups in total. The van der Waals surface area contributed by atoms with Crippen molar-refractivity contribution in [2.75, 3.05) is 0 Å². The first kappa shape index (κ1) is 2.78. The molecule has 1 aromatic heterocycles. The van der Waals surface area contributed by atoms with Gasteiger partial charge in [0.25, 0.3) is 9.48 Å². The molecule has 0 atom stereocenters. The Bertz CT molecular complexity index is 158. The molecular weight excluding hydrogens is 88.1 g/mol. The van der Waals surface area contributed by atoms with Gasteiger partial charge in [-0.25, -0.2) is 0 Å². The second-order valence-electron chi connectivity index (χ2n) is 0.677. The first-order valence-corrected chi connectivity index (χ1v) is 1.88. The Kier molecular flexibility index (Phi) is 0.301. The van der Waals surface area contributed by atoms with Crippen LogP contribution >= 0.6 is 11.3 Å². The molecule has 1 rings (SSSR count). The van der Waals surface area contributed by atoms with Gasteiger partial charge in [0.05, 0.1) is 0 Å². The molecule has 0 fully saturated rings. The molecule has 5 heavy (non-hydrogen) atoms. The van der Waals surface area contributed by atoms with E-state index in [1.54, 1.807) is 0 Å². The van der Waals surface area contributed by atoms with E-state index in [0.29, 0.717) is 0 Å². The molecular formula is C2O2S. The minimum atomic E-state index is -0.301. The second kappa shape index (κ2) is 0.542. The lowest BCUT2D eigenvalue weighted by Gasteiger charge is -1.12. The maximum Gasteiger partial charge on any atom is 0.294 e. The molecule has 0 amide bonds. The van der Waals surface area contributed by atoms with Crippen molar-refractivity contribution in [2.24, 2.45) is 0 Å². The summed E-state index contributed by atoms with van der Waals surface area (Å²) in [4.78, 5) is 19.0. The van der Waals surface area contributed by atoms with Gasteiger partial charge >= 0.3 is 0 Å². The lowest BCUT2D eigenvalue weighted by atomic mass is 11.1. The molecule has 0 unspecified atom stereocenters. The highest BCUT2D eigenvalue weighted by molar-refractivity contribution is 7.13. The first-order valence-electron chi connectivity index (χ1n) is 1.07. The minimum Gasteiger partial charge on any atom is -0.272 e. The third kappa shape index (κ3) is 0.280. The molecule has 1 aromatic rings. The summed E-state index contributed by atoms with van der Waals surface area (Å²) in [7, 11) is 0. The van der Waals surface area contributed by atoms with Crippen LogP contribution in [0.15, 0.2) is 9.59 Å². The molecule has 3 heteroatoms. The fourth-order valence-electron chi connectivity index (χ4n) is 0.0587. The van der Waals surface area contributed by atoms with E-state index in [2.05, 4.69) is 0 Å². The smallest absolute Gasteiger partial charge is 0.272 e. The molecule has 26 valence electrons. The monoisotopic (exact) mass is 88.0 g/mol. The zero-order valence-electron chi connectivity index (χ0n) is 2.22. The van der Waals surface area contributed by atoms with E-state index in [1.165, 1.54) is 0 Å². The van der Waals surface area contributed by atoms with Crippen LogP contribution < -0.4 is 9.48 Å². The highest BCUT2D eigenvalue weighted by Gasteiger charge is 1.99. The van der Waals surface area contributed by atoms with Crippen molar-refractivity contribution in [1.82, 2.24) is 0 Å². The Balaban J connectivity index is 3.70. The van der Waals surface area contributed by atoms with Crippen LogP contribution in [-0.4, -0.2) is 0 Å². The SMILES string of the molecule is O=c1sc1=O. The molecule has 0 spiro atoms. The Hall–Kier alpha value is -0.440. The predicted octanol–water partition coefficient (Wildman–Crippen LogP) is -0.656. The van der Waals surface area contributed by atoms with Crippen molar-refractivity contribution in [3.63, 3.8) is 0 Å². The van der Waals surface area contributed by atoms with Gasteiger partial charge in [-0.15, -0.1) is 0 Å². The minimum absolute atomic E-state index is 0.301. The van der Waals surface area contributed by atoms with E-state index >= 15 is 0 Å². The summed E-state index contributed by atoms with van der Waals surface area (Å²) >= 11 is 0.769. The average Bonchev–Trinajstić information content (AvgIpc) is 1.79. The van der Waals surface area contributed by atoms with Gasteiger partial charge in [0.1, 0.15) is 0 Å². The standard InChI is InChI=1S/C2O2S/c3-1-2(4)5-1. The normalized spacial score (nSPS) is 9.60. The van der Waals surface area contributed by atoms with E-state index in [0.717, 1.165) is 11.3 Å².